The van der Waals surface area contributed by atoms with E-state index in [2.05, 4.69) is 31.1 Å². The highest BCUT2D eigenvalue weighted by Gasteiger charge is 2.33. The van der Waals surface area contributed by atoms with Crippen LogP contribution in [0.15, 0.2) is 0 Å². The van der Waals surface area contributed by atoms with Crippen molar-refractivity contribution in [2.75, 3.05) is 19.7 Å². The van der Waals surface area contributed by atoms with Crippen molar-refractivity contribution in [3.05, 3.63) is 0 Å². The van der Waals surface area contributed by atoms with Gasteiger partial charge < -0.3 is 10.0 Å². The number of carboxylic acids is 1. The van der Waals surface area contributed by atoms with Gasteiger partial charge in [-0.05, 0) is 17.8 Å². The highest BCUT2D eigenvalue weighted by Crippen LogP contribution is 2.33. The predicted octanol–water partition coefficient (Wildman–Crippen LogP) is 1.08. The van der Waals surface area contributed by atoms with Crippen LogP contribution in [0.1, 0.15) is 27.2 Å². The molecule has 6 nitrogen and oxygen atoms in total. The molecule has 1 aliphatic heterocycles. The van der Waals surface area contributed by atoms with Crippen LogP contribution in [-0.4, -0.2) is 41.7 Å². The number of nitrogens with zero attached hydrogens (tertiary/aromatic N) is 1. The van der Waals surface area contributed by atoms with E-state index in [4.69, 9.17) is 5.11 Å². The zero-order valence-electron chi connectivity index (χ0n) is 10.5. The van der Waals surface area contributed by atoms with E-state index < -0.39 is 12.6 Å². The molecule has 0 aromatic heterocycles. The van der Waals surface area contributed by atoms with Gasteiger partial charge in [0.15, 0.2) is 6.61 Å². The van der Waals surface area contributed by atoms with Crippen LogP contribution < -0.4 is 5.48 Å². The second-order valence-electron chi connectivity index (χ2n) is 5.39. The van der Waals surface area contributed by atoms with Gasteiger partial charge >= 0.3 is 12.0 Å². The molecule has 6 heteroatoms. The quantitative estimate of drug-likeness (QED) is 0.728. The van der Waals surface area contributed by atoms with Gasteiger partial charge in [-0.3, -0.25) is 4.84 Å². The highest BCUT2D eigenvalue weighted by molar-refractivity contribution is 5.74. The molecule has 17 heavy (non-hydrogen) atoms. The van der Waals surface area contributed by atoms with Gasteiger partial charge in [0.1, 0.15) is 0 Å². The maximum Gasteiger partial charge on any atom is 0.341 e. The first kappa shape index (κ1) is 13.8. The Labute approximate surface area is 101 Å². The largest absolute Gasteiger partial charge is 0.479 e. The SMILES string of the molecule is CC(C)(C)C1CCN(C(=O)NOCC(=O)O)C1. The zero-order chi connectivity index (χ0) is 13.1. The summed E-state index contributed by atoms with van der Waals surface area (Å²) >= 11 is 0. The fourth-order valence-corrected chi connectivity index (χ4v) is 1.88. The van der Waals surface area contributed by atoms with Crippen molar-refractivity contribution >= 4 is 12.0 Å². The minimum Gasteiger partial charge on any atom is -0.479 e. The van der Waals surface area contributed by atoms with Gasteiger partial charge in [0, 0.05) is 13.1 Å². The van der Waals surface area contributed by atoms with Crippen molar-refractivity contribution in [2.24, 2.45) is 11.3 Å². The first-order valence-electron chi connectivity index (χ1n) is 5.69. The number of hydroxylamine groups is 1. The number of hydrogen-bond acceptors (Lipinski definition) is 3. The summed E-state index contributed by atoms with van der Waals surface area (Å²) in [6, 6.07) is -0.363. The molecule has 0 radical (unpaired) electrons. The lowest BCUT2D eigenvalue weighted by Gasteiger charge is -2.26. The summed E-state index contributed by atoms with van der Waals surface area (Å²) in [4.78, 5) is 28.0. The average Bonchev–Trinajstić information content (AvgIpc) is 2.64. The number of likely N-dealkylation sites (tertiary alicyclic amines) is 1. The van der Waals surface area contributed by atoms with Crippen molar-refractivity contribution in [1.29, 1.82) is 0 Å². The van der Waals surface area contributed by atoms with Crippen molar-refractivity contribution < 1.29 is 19.5 Å². The molecule has 1 aliphatic rings. The minimum absolute atomic E-state index is 0.178. The molecule has 1 fully saturated rings. The molecule has 0 aromatic rings. The van der Waals surface area contributed by atoms with Gasteiger partial charge in [0.25, 0.3) is 0 Å². The normalized spacial score (nSPS) is 20.4. The number of rotatable bonds is 3. The summed E-state index contributed by atoms with van der Waals surface area (Å²) in [6.07, 6.45) is 0.968. The van der Waals surface area contributed by atoms with E-state index in [1.54, 1.807) is 4.90 Å². The Morgan fingerprint density at radius 3 is 2.59 bits per heavy atom. The topological polar surface area (TPSA) is 78.9 Å². The molecule has 1 atom stereocenters. The number of aliphatic carboxylic acids is 1. The summed E-state index contributed by atoms with van der Waals surface area (Å²) in [5, 5.41) is 8.35. The molecular weight excluding hydrogens is 224 g/mol. The Morgan fingerprint density at radius 1 is 1.47 bits per heavy atom. The van der Waals surface area contributed by atoms with Crippen LogP contribution in [0.3, 0.4) is 0 Å². The second kappa shape index (κ2) is 5.35. The van der Waals surface area contributed by atoms with Crippen molar-refractivity contribution in [2.45, 2.75) is 27.2 Å². The fraction of sp³-hybridized carbons (Fsp3) is 0.818. The van der Waals surface area contributed by atoms with Crippen LogP contribution in [0.25, 0.3) is 0 Å². The van der Waals surface area contributed by atoms with Crippen LogP contribution >= 0.6 is 0 Å². The Morgan fingerprint density at radius 2 is 2.12 bits per heavy atom. The number of carboxylic acid groups (broad SMARTS) is 1. The van der Waals surface area contributed by atoms with Gasteiger partial charge in [0.2, 0.25) is 0 Å². The van der Waals surface area contributed by atoms with Gasteiger partial charge in [-0.2, -0.15) is 0 Å². The number of carbonyl (C=O) groups excluding carboxylic acids is 1. The number of hydrogen-bond donors (Lipinski definition) is 2. The van der Waals surface area contributed by atoms with Gasteiger partial charge in [-0.25, -0.2) is 15.1 Å². The highest BCUT2D eigenvalue weighted by atomic mass is 16.7. The molecule has 1 unspecified atom stereocenters. The van der Waals surface area contributed by atoms with E-state index in [9.17, 15) is 9.59 Å². The van der Waals surface area contributed by atoms with Crippen LogP contribution in [0.5, 0.6) is 0 Å². The number of amides is 2. The van der Waals surface area contributed by atoms with Crippen molar-refractivity contribution in [3.8, 4) is 0 Å². The lowest BCUT2D eigenvalue weighted by Crippen LogP contribution is -2.40. The summed E-state index contributed by atoms with van der Waals surface area (Å²) in [5.74, 6) is -0.646. The molecule has 1 heterocycles. The van der Waals surface area contributed by atoms with Crippen LogP contribution in [0.4, 0.5) is 4.79 Å². The third-order valence-electron chi connectivity index (χ3n) is 3.06. The summed E-state index contributed by atoms with van der Waals surface area (Å²) in [6.45, 7) is 7.30. The summed E-state index contributed by atoms with van der Waals surface area (Å²) in [7, 11) is 0. The van der Waals surface area contributed by atoms with Gasteiger partial charge in [-0.15, -0.1) is 0 Å². The van der Waals surface area contributed by atoms with E-state index in [0.29, 0.717) is 19.0 Å². The Bertz CT molecular complexity index is 298. The first-order chi connectivity index (χ1) is 7.80. The monoisotopic (exact) mass is 244 g/mol. The van der Waals surface area contributed by atoms with E-state index in [-0.39, 0.29) is 11.4 Å². The van der Waals surface area contributed by atoms with E-state index >= 15 is 0 Å². The zero-order valence-corrected chi connectivity index (χ0v) is 10.5. The van der Waals surface area contributed by atoms with E-state index in [1.165, 1.54) is 0 Å². The molecule has 0 spiro atoms. The standard InChI is InChI=1S/C11H20N2O4/c1-11(2,3)8-4-5-13(6-8)10(16)12-17-7-9(14)15/h8H,4-7H2,1-3H3,(H,12,16)(H,14,15). The van der Waals surface area contributed by atoms with Gasteiger partial charge in [-0.1, -0.05) is 20.8 Å². The molecule has 1 saturated heterocycles. The molecule has 1 rings (SSSR count). The summed E-state index contributed by atoms with van der Waals surface area (Å²) in [5.41, 5.74) is 2.31. The molecule has 0 bridgehead atoms. The number of carbonyl (C=O) groups is 2. The lowest BCUT2D eigenvalue weighted by molar-refractivity contribution is -0.144. The van der Waals surface area contributed by atoms with E-state index in [0.717, 1.165) is 6.42 Å². The van der Waals surface area contributed by atoms with Crippen LogP contribution in [0, 0.1) is 11.3 Å². The number of urea groups is 1. The lowest BCUT2D eigenvalue weighted by atomic mass is 9.80. The molecule has 2 N–H and O–H groups in total. The average molecular weight is 244 g/mol. The molecule has 98 valence electrons. The maximum absolute atomic E-state index is 11.6. The predicted molar refractivity (Wildman–Crippen MR) is 61.3 cm³/mol. The molecule has 0 aromatic carbocycles. The Kier molecular flexibility index (Phi) is 4.34. The third kappa shape index (κ3) is 4.22. The minimum atomic E-state index is -1.11. The molecular formula is C11H20N2O4. The molecule has 0 saturated carbocycles. The van der Waals surface area contributed by atoms with Gasteiger partial charge in [0.05, 0.1) is 0 Å². The van der Waals surface area contributed by atoms with Crippen LogP contribution in [-0.2, 0) is 9.63 Å². The Hall–Kier alpha value is -1.30. The maximum atomic E-state index is 11.6. The second-order valence-corrected chi connectivity index (χ2v) is 5.39. The third-order valence-corrected chi connectivity index (χ3v) is 3.06. The Balaban J connectivity index is 2.33. The fourth-order valence-electron chi connectivity index (χ4n) is 1.88. The first-order valence-corrected chi connectivity index (χ1v) is 5.69. The smallest absolute Gasteiger partial charge is 0.341 e. The molecule has 2 amide bonds. The molecule has 0 aliphatic carbocycles. The van der Waals surface area contributed by atoms with Crippen LogP contribution in [0.2, 0.25) is 0 Å². The van der Waals surface area contributed by atoms with Crippen molar-refractivity contribution in [3.63, 3.8) is 0 Å². The summed E-state index contributed by atoms with van der Waals surface area (Å²) < 4.78 is 0. The number of nitrogens with one attached hydrogen (secondary N) is 1. The van der Waals surface area contributed by atoms with E-state index in [1.807, 2.05) is 0 Å². The van der Waals surface area contributed by atoms with Crippen molar-refractivity contribution in [1.82, 2.24) is 10.4 Å².